The molecule has 2 aromatic rings. The van der Waals surface area contributed by atoms with E-state index in [-0.39, 0.29) is 5.91 Å². The molecule has 0 saturated heterocycles. The maximum atomic E-state index is 12.8. The minimum atomic E-state index is -0.00578. The Morgan fingerprint density at radius 1 is 1.14 bits per heavy atom. The van der Waals surface area contributed by atoms with Crippen molar-refractivity contribution in [3.63, 3.8) is 0 Å². The number of halogens is 1. The Morgan fingerprint density at radius 3 is 2.64 bits per heavy atom. The molecular formula is C18H17IN2O. The van der Waals surface area contributed by atoms with Gasteiger partial charge in [-0.15, -0.1) is 0 Å². The van der Waals surface area contributed by atoms with Gasteiger partial charge >= 0.3 is 0 Å². The highest BCUT2D eigenvalue weighted by atomic mass is 127. The average molecular weight is 404 g/mol. The van der Waals surface area contributed by atoms with Crippen molar-refractivity contribution in [1.82, 2.24) is 0 Å². The Kier molecular flexibility index (Phi) is 4.29. The summed E-state index contributed by atoms with van der Waals surface area (Å²) in [5.41, 5.74) is 3.24. The Labute approximate surface area is 144 Å². The summed E-state index contributed by atoms with van der Waals surface area (Å²) in [6.45, 7) is 4.94. The zero-order valence-corrected chi connectivity index (χ0v) is 14.7. The second-order valence-electron chi connectivity index (χ2n) is 5.77. The molecule has 3 nitrogen and oxygen atoms in total. The van der Waals surface area contributed by atoms with Gasteiger partial charge in [0.1, 0.15) is 5.71 Å². The summed E-state index contributed by atoms with van der Waals surface area (Å²) in [5.74, 6) is 0.405. The fourth-order valence-electron chi connectivity index (χ4n) is 2.59. The Bertz CT molecular complexity index is 752. The smallest absolute Gasteiger partial charge is 0.277 e. The molecule has 112 valence electrons. The van der Waals surface area contributed by atoms with Crippen LogP contribution in [0, 0.1) is 9.49 Å². The van der Waals surface area contributed by atoms with Gasteiger partial charge in [0.05, 0.1) is 11.4 Å². The molecule has 0 saturated carbocycles. The van der Waals surface area contributed by atoms with Gasteiger partial charge in [0.2, 0.25) is 0 Å². The molecule has 4 heteroatoms. The number of anilines is 1. The summed E-state index contributed by atoms with van der Waals surface area (Å²) in [6, 6.07) is 15.8. The van der Waals surface area contributed by atoms with E-state index in [9.17, 15) is 4.79 Å². The summed E-state index contributed by atoms with van der Waals surface area (Å²) in [5, 5.41) is 0. The number of hydrogen-bond acceptors (Lipinski definition) is 2. The first-order valence-electron chi connectivity index (χ1n) is 7.32. The third kappa shape index (κ3) is 2.92. The molecule has 1 aliphatic heterocycles. The average Bonchev–Trinajstić information content (AvgIpc) is 2.73. The SMILES string of the molecule is CC(C)CN1C(=O)C(=Nc2cccc(I)c2)c2ccccc21. The van der Waals surface area contributed by atoms with Crippen LogP contribution >= 0.6 is 22.6 Å². The van der Waals surface area contributed by atoms with Crippen molar-refractivity contribution in [1.29, 1.82) is 0 Å². The number of nitrogens with zero attached hydrogens (tertiary/aromatic N) is 2. The van der Waals surface area contributed by atoms with Crippen LogP contribution in [0.2, 0.25) is 0 Å². The van der Waals surface area contributed by atoms with E-state index in [1.165, 1.54) is 0 Å². The third-order valence-electron chi connectivity index (χ3n) is 3.49. The molecule has 0 N–H and O–H groups in total. The molecule has 0 aromatic heterocycles. The second-order valence-corrected chi connectivity index (χ2v) is 7.01. The van der Waals surface area contributed by atoms with E-state index in [2.05, 4.69) is 41.4 Å². The molecular weight excluding hydrogens is 387 g/mol. The normalized spacial score (nSPS) is 15.7. The Hall–Kier alpha value is -1.69. The van der Waals surface area contributed by atoms with Crippen molar-refractivity contribution in [2.45, 2.75) is 13.8 Å². The fraction of sp³-hybridized carbons (Fsp3) is 0.222. The van der Waals surface area contributed by atoms with Gasteiger partial charge in [-0.1, -0.05) is 38.1 Å². The van der Waals surface area contributed by atoms with E-state index < -0.39 is 0 Å². The van der Waals surface area contributed by atoms with Gasteiger partial charge in [-0.3, -0.25) is 4.79 Å². The topological polar surface area (TPSA) is 32.7 Å². The standard InChI is InChI=1S/C18H17IN2O/c1-12(2)11-21-16-9-4-3-8-15(16)17(18(21)22)20-14-7-5-6-13(19)10-14/h3-10,12H,11H2,1-2H3. The first-order chi connectivity index (χ1) is 10.6. The van der Waals surface area contributed by atoms with Gasteiger partial charge in [-0.2, -0.15) is 0 Å². The van der Waals surface area contributed by atoms with E-state index in [0.717, 1.165) is 20.5 Å². The van der Waals surface area contributed by atoms with Crippen LogP contribution in [-0.2, 0) is 4.79 Å². The van der Waals surface area contributed by atoms with E-state index in [1.54, 1.807) is 0 Å². The summed E-state index contributed by atoms with van der Waals surface area (Å²) in [4.78, 5) is 19.2. The zero-order valence-electron chi connectivity index (χ0n) is 12.6. The van der Waals surface area contributed by atoms with Crippen LogP contribution in [-0.4, -0.2) is 18.2 Å². The fourth-order valence-corrected chi connectivity index (χ4v) is 3.12. The summed E-state index contributed by atoms with van der Waals surface area (Å²) in [7, 11) is 0. The van der Waals surface area contributed by atoms with Crippen molar-refractivity contribution in [2.24, 2.45) is 10.9 Å². The lowest BCUT2D eigenvalue weighted by molar-refractivity contribution is -0.112. The molecule has 0 unspecified atom stereocenters. The molecule has 1 heterocycles. The number of rotatable bonds is 3. The molecule has 2 aromatic carbocycles. The van der Waals surface area contributed by atoms with Crippen molar-refractivity contribution < 1.29 is 4.79 Å². The highest BCUT2D eigenvalue weighted by molar-refractivity contribution is 14.1. The predicted molar refractivity (Wildman–Crippen MR) is 99.0 cm³/mol. The molecule has 0 fully saturated rings. The van der Waals surface area contributed by atoms with Crippen LogP contribution in [0.4, 0.5) is 11.4 Å². The van der Waals surface area contributed by atoms with E-state index in [0.29, 0.717) is 18.2 Å². The maximum absolute atomic E-state index is 12.8. The number of carbonyl (C=O) groups excluding carboxylic acids is 1. The largest absolute Gasteiger partial charge is 0.306 e. The number of hydrogen-bond donors (Lipinski definition) is 0. The van der Waals surface area contributed by atoms with Gasteiger partial charge in [0, 0.05) is 15.7 Å². The zero-order chi connectivity index (χ0) is 15.7. The van der Waals surface area contributed by atoms with E-state index in [1.807, 2.05) is 53.4 Å². The minimum Gasteiger partial charge on any atom is -0.306 e. The summed E-state index contributed by atoms with van der Waals surface area (Å²) < 4.78 is 1.11. The van der Waals surface area contributed by atoms with Crippen molar-refractivity contribution in [2.75, 3.05) is 11.4 Å². The van der Waals surface area contributed by atoms with E-state index in [4.69, 9.17) is 0 Å². The van der Waals surface area contributed by atoms with Gasteiger partial charge in [-0.05, 0) is 52.8 Å². The summed E-state index contributed by atoms with van der Waals surface area (Å²) >= 11 is 2.25. The van der Waals surface area contributed by atoms with Crippen molar-refractivity contribution in [3.8, 4) is 0 Å². The van der Waals surface area contributed by atoms with Crippen LogP contribution in [0.15, 0.2) is 53.5 Å². The molecule has 1 amide bonds. The molecule has 0 atom stereocenters. The van der Waals surface area contributed by atoms with E-state index >= 15 is 0 Å². The highest BCUT2D eigenvalue weighted by Gasteiger charge is 2.33. The summed E-state index contributed by atoms with van der Waals surface area (Å²) in [6.07, 6.45) is 0. The van der Waals surface area contributed by atoms with Gasteiger partial charge in [0.25, 0.3) is 5.91 Å². The first-order valence-corrected chi connectivity index (χ1v) is 8.39. The number of para-hydroxylation sites is 1. The quantitative estimate of drug-likeness (QED) is 0.698. The lowest BCUT2D eigenvalue weighted by Crippen LogP contribution is -2.33. The second kappa shape index (κ2) is 6.20. The maximum Gasteiger partial charge on any atom is 0.277 e. The van der Waals surface area contributed by atoms with Crippen LogP contribution in [0.1, 0.15) is 19.4 Å². The number of carbonyl (C=O) groups is 1. The molecule has 1 aliphatic rings. The molecule has 0 radical (unpaired) electrons. The predicted octanol–water partition coefficient (Wildman–Crippen LogP) is 4.41. The molecule has 0 aliphatic carbocycles. The molecule has 0 spiro atoms. The van der Waals surface area contributed by atoms with Crippen LogP contribution in [0.25, 0.3) is 0 Å². The van der Waals surface area contributed by atoms with Gasteiger partial charge in [0.15, 0.2) is 0 Å². The third-order valence-corrected chi connectivity index (χ3v) is 4.17. The first kappa shape index (κ1) is 15.2. The molecule has 3 rings (SSSR count). The van der Waals surface area contributed by atoms with Gasteiger partial charge in [-0.25, -0.2) is 4.99 Å². The lowest BCUT2D eigenvalue weighted by Gasteiger charge is -2.18. The Balaban J connectivity index is 2.07. The number of aliphatic imine (C=N–C) groups is 1. The minimum absolute atomic E-state index is 0.00578. The van der Waals surface area contributed by atoms with Crippen LogP contribution in [0.5, 0.6) is 0 Å². The monoisotopic (exact) mass is 404 g/mol. The lowest BCUT2D eigenvalue weighted by atomic mass is 10.1. The number of fused-ring (bicyclic) bond motifs is 1. The van der Waals surface area contributed by atoms with Crippen molar-refractivity contribution >= 4 is 45.6 Å². The number of benzene rings is 2. The van der Waals surface area contributed by atoms with Crippen molar-refractivity contribution in [3.05, 3.63) is 57.7 Å². The number of amides is 1. The van der Waals surface area contributed by atoms with Crippen LogP contribution < -0.4 is 4.90 Å². The molecule has 0 bridgehead atoms. The molecule has 22 heavy (non-hydrogen) atoms. The van der Waals surface area contributed by atoms with Gasteiger partial charge < -0.3 is 4.90 Å². The van der Waals surface area contributed by atoms with Crippen LogP contribution in [0.3, 0.4) is 0 Å². The highest BCUT2D eigenvalue weighted by Crippen LogP contribution is 2.31. The Morgan fingerprint density at radius 2 is 1.91 bits per heavy atom.